The van der Waals surface area contributed by atoms with Gasteiger partial charge in [-0.3, -0.25) is 0 Å². The van der Waals surface area contributed by atoms with Crippen LogP contribution in [0.5, 0.6) is 0 Å². The molecule has 4 heteroatoms. The number of nitrogens with two attached hydrogens (primary N) is 1. The predicted octanol–water partition coefficient (Wildman–Crippen LogP) is 1.39. The van der Waals surface area contributed by atoms with Gasteiger partial charge in [-0.2, -0.15) is 0 Å². The summed E-state index contributed by atoms with van der Waals surface area (Å²) in [5.41, 5.74) is 4.43. The van der Waals surface area contributed by atoms with Crippen molar-refractivity contribution in [2.45, 2.75) is 19.4 Å². The molecule has 0 aliphatic carbocycles. The van der Waals surface area contributed by atoms with E-state index >= 15 is 0 Å². The van der Waals surface area contributed by atoms with E-state index < -0.39 is 17.3 Å². The first kappa shape index (κ1) is 10.7. The highest BCUT2D eigenvalue weighted by Crippen LogP contribution is 2.24. The molecule has 1 atom stereocenters. The van der Waals surface area contributed by atoms with Crippen molar-refractivity contribution in [1.82, 2.24) is 0 Å². The molecule has 0 bridgehead atoms. The molecule has 76 valence electrons. The molecular formula is C10H12FNO2. The normalized spacial score (nSPS) is 14.9. The Morgan fingerprint density at radius 3 is 2.57 bits per heavy atom. The van der Waals surface area contributed by atoms with Gasteiger partial charge in [0.25, 0.3) is 0 Å². The lowest BCUT2D eigenvalue weighted by Crippen LogP contribution is -2.43. The SMILES string of the molecule is Cc1cccc(F)c1C(C)(N)C(=O)O. The first-order chi connectivity index (χ1) is 6.37. The van der Waals surface area contributed by atoms with Crippen LogP contribution in [0.3, 0.4) is 0 Å². The summed E-state index contributed by atoms with van der Waals surface area (Å²) in [4.78, 5) is 10.8. The number of hydrogen-bond acceptors (Lipinski definition) is 2. The summed E-state index contributed by atoms with van der Waals surface area (Å²) in [7, 11) is 0. The first-order valence-electron chi connectivity index (χ1n) is 4.15. The molecule has 1 aromatic rings. The van der Waals surface area contributed by atoms with Gasteiger partial charge in [0.05, 0.1) is 0 Å². The lowest BCUT2D eigenvalue weighted by atomic mass is 9.89. The lowest BCUT2D eigenvalue weighted by molar-refractivity contribution is -0.143. The summed E-state index contributed by atoms with van der Waals surface area (Å²) in [6, 6.07) is 4.36. The van der Waals surface area contributed by atoms with Crippen molar-refractivity contribution >= 4 is 5.97 Å². The monoisotopic (exact) mass is 197 g/mol. The van der Waals surface area contributed by atoms with E-state index in [1.54, 1.807) is 13.0 Å². The fraction of sp³-hybridized carbons (Fsp3) is 0.300. The van der Waals surface area contributed by atoms with Crippen molar-refractivity contribution in [1.29, 1.82) is 0 Å². The summed E-state index contributed by atoms with van der Waals surface area (Å²) in [6.45, 7) is 2.91. The minimum atomic E-state index is -1.69. The molecule has 3 N–H and O–H groups in total. The summed E-state index contributed by atoms with van der Waals surface area (Å²) in [5.74, 6) is -1.83. The molecule has 0 saturated heterocycles. The number of hydrogen-bond donors (Lipinski definition) is 2. The molecule has 14 heavy (non-hydrogen) atoms. The quantitative estimate of drug-likeness (QED) is 0.753. The predicted molar refractivity (Wildman–Crippen MR) is 50.3 cm³/mol. The van der Waals surface area contributed by atoms with Crippen LogP contribution >= 0.6 is 0 Å². The van der Waals surface area contributed by atoms with Crippen molar-refractivity contribution in [2.75, 3.05) is 0 Å². The van der Waals surface area contributed by atoms with Crippen LogP contribution in [-0.4, -0.2) is 11.1 Å². The Hall–Kier alpha value is -1.42. The molecule has 0 heterocycles. The number of aryl methyl sites for hydroxylation is 1. The maximum absolute atomic E-state index is 13.4. The molecule has 0 aromatic heterocycles. The summed E-state index contributed by atoms with van der Waals surface area (Å²) in [6.07, 6.45) is 0. The molecule has 1 unspecified atom stereocenters. The zero-order valence-corrected chi connectivity index (χ0v) is 8.04. The van der Waals surface area contributed by atoms with Crippen LogP contribution in [0.2, 0.25) is 0 Å². The number of rotatable bonds is 2. The second-order valence-electron chi connectivity index (χ2n) is 3.44. The molecule has 0 fully saturated rings. The largest absolute Gasteiger partial charge is 0.480 e. The van der Waals surface area contributed by atoms with Crippen LogP contribution in [0.15, 0.2) is 18.2 Å². The minimum Gasteiger partial charge on any atom is -0.480 e. The molecule has 1 aromatic carbocycles. The van der Waals surface area contributed by atoms with E-state index in [0.717, 1.165) is 0 Å². The third-order valence-electron chi connectivity index (χ3n) is 2.19. The average molecular weight is 197 g/mol. The van der Waals surface area contributed by atoms with E-state index in [4.69, 9.17) is 10.8 Å². The van der Waals surface area contributed by atoms with Gasteiger partial charge in [0.1, 0.15) is 11.4 Å². The van der Waals surface area contributed by atoms with Gasteiger partial charge in [-0.25, -0.2) is 9.18 Å². The molecule has 0 amide bonds. The van der Waals surface area contributed by atoms with E-state index in [0.29, 0.717) is 5.56 Å². The smallest absolute Gasteiger partial charge is 0.328 e. The summed E-state index contributed by atoms with van der Waals surface area (Å²) in [5, 5.41) is 8.85. The third kappa shape index (κ3) is 1.61. The molecule has 0 aliphatic heterocycles. The minimum absolute atomic E-state index is 0.0347. The van der Waals surface area contributed by atoms with E-state index in [9.17, 15) is 9.18 Å². The topological polar surface area (TPSA) is 63.3 Å². The number of aliphatic carboxylic acids is 1. The highest BCUT2D eigenvalue weighted by molar-refractivity contribution is 5.80. The van der Waals surface area contributed by atoms with E-state index in [2.05, 4.69) is 0 Å². The molecular weight excluding hydrogens is 185 g/mol. The van der Waals surface area contributed by atoms with Crippen molar-refractivity contribution in [2.24, 2.45) is 5.73 Å². The third-order valence-corrected chi connectivity index (χ3v) is 2.19. The van der Waals surface area contributed by atoms with Crippen molar-refractivity contribution in [3.8, 4) is 0 Å². The van der Waals surface area contributed by atoms with Crippen LogP contribution in [0.25, 0.3) is 0 Å². The number of carbonyl (C=O) groups is 1. The first-order valence-corrected chi connectivity index (χ1v) is 4.15. The zero-order chi connectivity index (χ0) is 10.9. The molecule has 0 saturated carbocycles. The maximum atomic E-state index is 13.4. The number of benzene rings is 1. The Morgan fingerprint density at radius 2 is 2.14 bits per heavy atom. The van der Waals surface area contributed by atoms with E-state index in [-0.39, 0.29) is 5.56 Å². The number of carboxylic acid groups (broad SMARTS) is 1. The summed E-state index contributed by atoms with van der Waals surface area (Å²) >= 11 is 0. The number of halogens is 1. The van der Waals surface area contributed by atoms with Crippen LogP contribution in [0.1, 0.15) is 18.1 Å². The molecule has 0 spiro atoms. The molecule has 3 nitrogen and oxygen atoms in total. The second-order valence-corrected chi connectivity index (χ2v) is 3.44. The van der Waals surface area contributed by atoms with Gasteiger partial charge in [0.15, 0.2) is 0 Å². The second kappa shape index (κ2) is 3.38. The van der Waals surface area contributed by atoms with E-state index in [1.165, 1.54) is 19.1 Å². The van der Waals surface area contributed by atoms with Crippen LogP contribution < -0.4 is 5.73 Å². The van der Waals surface area contributed by atoms with Gasteiger partial charge < -0.3 is 10.8 Å². The van der Waals surface area contributed by atoms with Crippen molar-refractivity contribution < 1.29 is 14.3 Å². The fourth-order valence-electron chi connectivity index (χ4n) is 1.40. The van der Waals surface area contributed by atoms with Crippen LogP contribution in [0, 0.1) is 12.7 Å². The van der Waals surface area contributed by atoms with Crippen LogP contribution in [0.4, 0.5) is 4.39 Å². The van der Waals surface area contributed by atoms with Gasteiger partial charge in [-0.15, -0.1) is 0 Å². The van der Waals surface area contributed by atoms with Crippen molar-refractivity contribution in [3.05, 3.63) is 35.1 Å². The number of carboxylic acids is 1. The van der Waals surface area contributed by atoms with Gasteiger partial charge in [0.2, 0.25) is 0 Å². The van der Waals surface area contributed by atoms with Gasteiger partial charge in [0, 0.05) is 5.56 Å². The zero-order valence-electron chi connectivity index (χ0n) is 8.04. The molecule has 0 aliphatic rings. The van der Waals surface area contributed by atoms with Gasteiger partial charge in [-0.05, 0) is 25.5 Å². The average Bonchev–Trinajstić information content (AvgIpc) is 2.02. The van der Waals surface area contributed by atoms with Gasteiger partial charge in [-0.1, -0.05) is 12.1 Å². The maximum Gasteiger partial charge on any atom is 0.328 e. The molecule has 0 radical (unpaired) electrons. The Kier molecular flexibility index (Phi) is 2.57. The van der Waals surface area contributed by atoms with Crippen molar-refractivity contribution in [3.63, 3.8) is 0 Å². The van der Waals surface area contributed by atoms with Crippen LogP contribution in [-0.2, 0) is 10.3 Å². The molecule has 1 rings (SSSR count). The van der Waals surface area contributed by atoms with E-state index in [1.807, 2.05) is 0 Å². The standard InChI is InChI=1S/C10H12FNO2/c1-6-4-3-5-7(11)8(6)10(2,12)9(13)14/h3-5H,12H2,1-2H3,(H,13,14). The lowest BCUT2D eigenvalue weighted by Gasteiger charge is -2.22. The Balaban J connectivity index is 3.38. The Bertz CT molecular complexity index is 354. The Labute approximate surface area is 81.4 Å². The fourth-order valence-corrected chi connectivity index (χ4v) is 1.40. The Morgan fingerprint density at radius 1 is 1.57 bits per heavy atom. The highest BCUT2D eigenvalue weighted by Gasteiger charge is 2.34. The highest BCUT2D eigenvalue weighted by atomic mass is 19.1. The van der Waals surface area contributed by atoms with Gasteiger partial charge >= 0.3 is 5.97 Å². The summed E-state index contributed by atoms with van der Waals surface area (Å²) < 4.78 is 13.4.